The van der Waals surface area contributed by atoms with E-state index in [1.165, 1.54) is 5.56 Å². The summed E-state index contributed by atoms with van der Waals surface area (Å²) >= 11 is 0. The number of nitrogens with one attached hydrogen (secondary N) is 2. The van der Waals surface area contributed by atoms with Crippen molar-refractivity contribution in [1.29, 1.82) is 0 Å². The quantitative estimate of drug-likeness (QED) is 0.723. The van der Waals surface area contributed by atoms with Crippen molar-refractivity contribution in [1.82, 2.24) is 25.3 Å². The van der Waals surface area contributed by atoms with E-state index in [1.807, 2.05) is 18.5 Å². The van der Waals surface area contributed by atoms with Gasteiger partial charge in [-0.3, -0.25) is 0 Å². The summed E-state index contributed by atoms with van der Waals surface area (Å²) < 4.78 is 0. The van der Waals surface area contributed by atoms with Crippen molar-refractivity contribution >= 4 is 11.8 Å². The van der Waals surface area contributed by atoms with E-state index >= 15 is 0 Å². The van der Waals surface area contributed by atoms with Crippen LogP contribution < -0.4 is 15.5 Å². The zero-order valence-electron chi connectivity index (χ0n) is 15.3. The third-order valence-electron chi connectivity index (χ3n) is 4.70. The van der Waals surface area contributed by atoms with Crippen LogP contribution in [0.3, 0.4) is 0 Å². The summed E-state index contributed by atoms with van der Waals surface area (Å²) in [5.41, 5.74) is 3.30. The minimum Gasteiger partial charge on any atom is -0.363 e. The zero-order chi connectivity index (χ0) is 18.5. The van der Waals surface area contributed by atoms with Gasteiger partial charge < -0.3 is 15.5 Å². The van der Waals surface area contributed by atoms with Gasteiger partial charge in [-0.05, 0) is 30.2 Å². The lowest BCUT2D eigenvalue weighted by Crippen LogP contribution is -2.44. The molecule has 4 rings (SSSR count). The fourth-order valence-electron chi connectivity index (χ4n) is 3.17. The molecule has 1 atom stereocenters. The van der Waals surface area contributed by atoms with Gasteiger partial charge in [-0.1, -0.05) is 18.2 Å². The Labute approximate surface area is 158 Å². The molecule has 3 aromatic rings. The summed E-state index contributed by atoms with van der Waals surface area (Å²) in [7, 11) is 0. The Hall–Kier alpha value is -3.06. The number of benzene rings is 1. The van der Waals surface area contributed by atoms with Gasteiger partial charge in [0, 0.05) is 56.4 Å². The Kier molecular flexibility index (Phi) is 5.20. The molecule has 0 spiro atoms. The summed E-state index contributed by atoms with van der Waals surface area (Å²) in [6.45, 7) is 5.96. The van der Waals surface area contributed by atoms with Gasteiger partial charge >= 0.3 is 0 Å². The van der Waals surface area contributed by atoms with E-state index in [1.54, 1.807) is 12.5 Å². The Bertz CT molecular complexity index is 861. The maximum absolute atomic E-state index is 4.58. The molecule has 1 aliphatic rings. The second kappa shape index (κ2) is 8.09. The molecule has 2 N–H and O–H groups in total. The van der Waals surface area contributed by atoms with Crippen molar-refractivity contribution in [3.05, 3.63) is 60.8 Å². The molecule has 7 heteroatoms. The van der Waals surface area contributed by atoms with E-state index in [9.17, 15) is 0 Å². The number of aromatic nitrogens is 4. The van der Waals surface area contributed by atoms with Crippen molar-refractivity contribution in [3.63, 3.8) is 0 Å². The first-order valence-electron chi connectivity index (χ1n) is 9.20. The number of hydrogen-bond acceptors (Lipinski definition) is 7. The van der Waals surface area contributed by atoms with Crippen LogP contribution in [-0.2, 0) is 0 Å². The molecular weight excluding hydrogens is 338 g/mol. The zero-order valence-corrected chi connectivity index (χ0v) is 15.3. The van der Waals surface area contributed by atoms with Crippen molar-refractivity contribution < 1.29 is 0 Å². The standard InChI is InChI=1S/C20H23N7/c1-15(26-19-5-6-22-14-25-19)16-3-2-4-17(11-16)18-12-23-20(24-13-18)27-9-7-21-8-10-27/h2-6,11-15,21H,7-10H2,1H3,(H,22,25,26)/t15-/m0/s1. The maximum atomic E-state index is 4.58. The fourth-order valence-corrected chi connectivity index (χ4v) is 3.17. The van der Waals surface area contributed by atoms with Crippen LogP contribution in [-0.4, -0.2) is 46.1 Å². The van der Waals surface area contributed by atoms with E-state index < -0.39 is 0 Å². The second-order valence-electron chi connectivity index (χ2n) is 6.59. The van der Waals surface area contributed by atoms with Crippen LogP contribution in [0.15, 0.2) is 55.2 Å². The molecule has 0 aliphatic carbocycles. The first-order chi connectivity index (χ1) is 13.3. The van der Waals surface area contributed by atoms with Crippen LogP contribution >= 0.6 is 0 Å². The minimum absolute atomic E-state index is 0.126. The first kappa shape index (κ1) is 17.4. The lowest BCUT2D eigenvalue weighted by atomic mass is 10.0. The topological polar surface area (TPSA) is 78.9 Å². The predicted molar refractivity (Wildman–Crippen MR) is 107 cm³/mol. The third-order valence-corrected chi connectivity index (χ3v) is 4.70. The van der Waals surface area contributed by atoms with Crippen LogP contribution in [0.25, 0.3) is 11.1 Å². The molecule has 1 aromatic carbocycles. The molecule has 0 saturated carbocycles. The van der Waals surface area contributed by atoms with Crippen molar-refractivity contribution in [2.24, 2.45) is 0 Å². The van der Waals surface area contributed by atoms with Gasteiger partial charge in [0.1, 0.15) is 12.1 Å². The summed E-state index contributed by atoms with van der Waals surface area (Å²) in [5.74, 6) is 1.61. The van der Waals surface area contributed by atoms with E-state index in [4.69, 9.17) is 0 Å². The molecule has 0 bridgehead atoms. The molecule has 0 amide bonds. The lowest BCUT2D eigenvalue weighted by molar-refractivity contribution is 0.580. The summed E-state index contributed by atoms with van der Waals surface area (Å²) in [6.07, 6.45) is 7.09. The predicted octanol–water partition coefficient (Wildman–Crippen LogP) is 2.52. The first-order valence-corrected chi connectivity index (χ1v) is 9.20. The molecule has 3 heterocycles. The smallest absolute Gasteiger partial charge is 0.225 e. The van der Waals surface area contributed by atoms with Crippen molar-refractivity contribution in [2.45, 2.75) is 13.0 Å². The molecule has 7 nitrogen and oxygen atoms in total. The van der Waals surface area contributed by atoms with E-state index in [2.05, 4.69) is 66.7 Å². The second-order valence-corrected chi connectivity index (χ2v) is 6.59. The highest BCUT2D eigenvalue weighted by Gasteiger charge is 2.13. The number of hydrogen-bond donors (Lipinski definition) is 2. The van der Waals surface area contributed by atoms with Gasteiger partial charge in [-0.15, -0.1) is 0 Å². The molecular formula is C20H23N7. The summed E-state index contributed by atoms with van der Waals surface area (Å²) in [5, 5.41) is 6.74. The van der Waals surface area contributed by atoms with Gasteiger partial charge in [0.05, 0.1) is 0 Å². The molecule has 138 valence electrons. The largest absolute Gasteiger partial charge is 0.363 e. The van der Waals surface area contributed by atoms with Crippen LogP contribution in [0.5, 0.6) is 0 Å². The van der Waals surface area contributed by atoms with Gasteiger partial charge in [0.2, 0.25) is 5.95 Å². The molecule has 1 saturated heterocycles. The lowest BCUT2D eigenvalue weighted by Gasteiger charge is -2.27. The molecule has 27 heavy (non-hydrogen) atoms. The van der Waals surface area contributed by atoms with Gasteiger partial charge in [-0.2, -0.15) is 0 Å². The van der Waals surface area contributed by atoms with Crippen LogP contribution in [0.4, 0.5) is 11.8 Å². The van der Waals surface area contributed by atoms with E-state index in [-0.39, 0.29) is 6.04 Å². The normalized spacial score (nSPS) is 15.4. The van der Waals surface area contributed by atoms with Crippen LogP contribution in [0.2, 0.25) is 0 Å². The Morgan fingerprint density at radius 3 is 2.59 bits per heavy atom. The fraction of sp³-hybridized carbons (Fsp3) is 0.300. The molecule has 1 aliphatic heterocycles. The molecule has 1 fully saturated rings. The minimum atomic E-state index is 0.126. The number of rotatable bonds is 5. The highest BCUT2D eigenvalue weighted by Crippen LogP contribution is 2.24. The van der Waals surface area contributed by atoms with Crippen LogP contribution in [0.1, 0.15) is 18.5 Å². The number of anilines is 2. The third kappa shape index (κ3) is 4.20. The Morgan fingerprint density at radius 1 is 1.04 bits per heavy atom. The van der Waals surface area contributed by atoms with Gasteiger partial charge in [-0.25, -0.2) is 19.9 Å². The average Bonchev–Trinajstić information content (AvgIpc) is 2.75. The summed E-state index contributed by atoms with van der Waals surface area (Å²) in [6, 6.07) is 10.4. The van der Waals surface area contributed by atoms with Crippen LogP contribution in [0, 0.1) is 0 Å². The molecule has 0 unspecified atom stereocenters. The average molecular weight is 361 g/mol. The van der Waals surface area contributed by atoms with Crippen molar-refractivity contribution in [3.8, 4) is 11.1 Å². The molecule has 0 radical (unpaired) electrons. The van der Waals surface area contributed by atoms with E-state index in [0.29, 0.717) is 0 Å². The Balaban J connectivity index is 1.50. The number of nitrogens with zero attached hydrogens (tertiary/aromatic N) is 5. The maximum Gasteiger partial charge on any atom is 0.225 e. The monoisotopic (exact) mass is 361 g/mol. The summed E-state index contributed by atoms with van der Waals surface area (Å²) in [4.78, 5) is 19.5. The highest BCUT2D eigenvalue weighted by molar-refractivity contribution is 5.63. The van der Waals surface area contributed by atoms with Gasteiger partial charge in [0.15, 0.2) is 0 Å². The Morgan fingerprint density at radius 2 is 1.85 bits per heavy atom. The SMILES string of the molecule is C[C@H](Nc1ccncn1)c1cccc(-c2cnc(N3CCNCC3)nc2)c1. The number of piperazine rings is 1. The molecule has 2 aromatic heterocycles. The highest BCUT2D eigenvalue weighted by atomic mass is 15.3. The van der Waals surface area contributed by atoms with Crippen molar-refractivity contribution in [2.75, 3.05) is 36.4 Å². The van der Waals surface area contributed by atoms with E-state index in [0.717, 1.165) is 49.1 Å². The van der Waals surface area contributed by atoms with Gasteiger partial charge in [0.25, 0.3) is 0 Å².